The highest BCUT2D eigenvalue weighted by molar-refractivity contribution is 7.21. The second-order valence-corrected chi connectivity index (χ2v) is 7.83. The molecule has 0 aliphatic rings. The number of methoxy groups -OCH3 is 1. The average Bonchev–Trinajstić information content (AvgIpc) is 3.30. The van der Waals surface area contributed by atoms with Crippen molar-refractivity contribution in [3.05, 3.63) is 53.8 Å². The highest BCUT2D eigenvalue weighted by Gasteiger charge is 2.20. The van der Waals surface area contributed by atoms with Crippen LogP contribution in [0.4, 0.5) is 0 Å². The van der Waals surface area contributed by atoms with Crippen LogP contribution in [0.15, 0.2) is 42.6 Å². The predicted molar refractivity (Wildman–Crippen MR) is 116 cm³/mol. The third-order valence-electron chi connectivity index (χ3n) is 5.11. The summed E-state index contributed by atoms with van der Waals surface area (Å²) in [6.45, 7) is 2.53. The molecule has 0 saturated carbocycles. The number of rotatable bonds is 4. The quantitative estimate of drug-likeness (QED) is 0.480. The smallest absolute Gasteiger partial charge is 0.146 e. The molecule has 0 amide bonds. The zero-order valence-electron chi connectivity index (χ0n) is 16.4. The van der Waals surface area contributed by atoms with Gasteiger partial charge in [-0.15, -0.1) is 11.3 Å². The Labute approximate surface area is 170 Å². The van der Waals surface area contributed by atoms with Crippen molar-refractivity contribution in [1.29, 1.82) is 5.41 Å². The predicted octanol–water partition coefficient (Wildman–Crippen LogP) is 3.54. The molecule has 0 saturated heterocycles. The molecule has 0 aliphatic carbocycles. The third-order valence-corrected chi connectivity index (χ3v) is 6.19. The van der Waals surface area contributed by atoms with Crippen LogP contribution in [0.2, 0.25) is 0 Å². The molecule has 1 aromatic carbocycles. The molecule has 0 radical (unpaired) electrons. The van der Waals surface area contributed by atoms with Gasteiger partial charge in [0.1, 0.15) is 16.2 Å². The first-order valence-electron chi connectivity index (χ1n) is 9.27. The Morgan fingerprint density at radius 2 is 2.00 bits per heavy atom. The number of benzene rings is 1. The van der Waals surface area contributed by atoms with Gasteiger partial charge in [0.05, 0.1) is 51.7 Å². The van der Waals surface area contributed by atoms with Gasteiger partial charge in [0, 0.05) is 6.20 Å². The van der Waals surface area contributed by atoms with Crippen LogP contribution in [0.3, 0.4) is 0 Å². The molecular formula is C21H20N6OS. The summed E-state index contributed by atoms with van der Waals surface area (Å²) in [7, 11) is 3.55. The van der Waals surface area contributed by atoms with E-state index in [0.717, 1.165) is 48.7 Å². The van der Waals surface area contributed by atoms with Crippen molar-refractivity contribution in [3.63, 3.8) is 0 Å². The van der Waals surface area contributed by atoms with E-state index >= 15 is 0 Å². The van der Waals surface area contributed by atoms with Crippen LogP contribution in [0.25, 0.3) is 37.2 Å². The number of fused-ring (bicyclic) bond motifs is 4. The molecular weight excluding hydrogens is 384 g/mol. The third kappa shape index (κ3) is 2.56. The number of hydrogen-bond donors (Lipinski definition) is 2. The van der Waals surface area contributed by atoms with Crippen LogP contribution in [-0.4, -0.2) is 33.3 Å². The minimum Gasteiger partial charge on any atom is -0.496 e. The van der Waals surface area contributed by atoms with Crippen molar-refractivity contribution in [1.82, 2.24) is 24.5 Å². The Hall–Kier alpha value is -3.23. The summed E-state index contributed by atoms with van der Waals surface area (Å²) >= 11 is 1.53. The average molecular weight is 404 g/mol. The number of hydrogen-bond acceptors (Lipinski definition) is 6. The van der Waals surface area contributed by atoms with E-state index in [9.17, 15) is 0 Å². The number of nitrogens with one attached hydrogen (secondary N) is 2. The second kappa shape index (κ2) is 6.68. The lowest BCUT2D eigenvalue weighted by Crippen LogP contribution is -2.26. The van der Waals surface area contributed by atoms with Gasteiger partial charge in [-0.2, -0.15) is 5.10 Å². The van der Waals surface area contributed by atoms with Crippen molar-refractivity contribution in [2.24, 2.45) is 0 Å². The van der Waals surface area contributed by atoms with E-state index in [1.54, 1.807) is 7.11 Å². The lowest BCUT2D eigenvalue weighted by molar-refractivity contribution is 0.419. The van der Waals surface area contributed by atoms with Crippen molar-refractivity contribution >= 4 is 38.0 Å². The van der Waals surface area contributed by atoms with Crippen molar-refractivity contribution in [3.8, 4) is 16.3 Å². The van der Waals surface area contributed by atoms with Crippen LogP contribution in [0, 0.1) is 12.3 Å². The fraction of sp³-hybridized carbons (Fsp3) is 0.190. The molecule has 5 aromatic rings. The molecule has 2 N–H and O–H groups in total. The largest absolute Gasteiger partial charge is 0.496 e. The summed E-state index contributed by atoms with van der Waals surface area (Å²) in [6, 6.07) is 11.9. The van der Waals surface area contributed by atoms with Gasteiger partial charge in [0.15, 0.2) is 0 Å². The first-order valence-corrected chi connectivity index (χ1v) is 10.1. The summed E-state index contributed by atoms with van der Waals surface area (Å²) < 4.78 is 10.3. The molecule has 0 unspecified atom stereocenters. The molecule has 5 rings (SSSR count). The van der Waals surface area contributed by atoms with Gasteiger partial charge >= 0.3 is 0 Å². The first kappa shape index (κ1) is 17.8. The fourth-order valence-electron chi connectivity index (χ4n) is 3.86. The van der Waals surface area contributed by atoms with E-state index in [0.29, 0.717) is 12.2 Å². The fourth-order valence-corrected chi connectivity index (χ4v) is 4.99. The van der Waals surface area contributed by atoms with Crippen molar-refractivity contribution in [2.45, 2.75) is 13.6 Å². The van der Waals surface area contributed by atoms with Crippen molar-refractivity contribution in [2.75, 3.05) is 14.2 Å². The molecule has 146 valence electrons. The minimum atomic E-state index is 0.438. The number of pyridine rings is 2. The number of aryl methyl sites for hydroxylation is 1. The maximum absolute atomic E-state index is 8.84. The molecule has 4 aromatic heterocycles. The van der Waals surface area contributed by atoms with E-state index in [1.165, 1.54) is 11.3 Å². The zero-order valence-corrected chi connectivity index (χ0v) is 17.2. The van der Waals surface area contributed by atoms with Gasteiger partial charge in [-0.1, -0.05) is 12.1 Å². The molecule has 0 fully saturated rings. The lowest BCUT2D eigenvalue weighted by Gasteiger charge is -2.13. The molecule has 7 nitrogen and oxygen atoms in total. The molecule has 29 heavy (non-hydrogen) atoms. The summed E-state index contributed by atoms with van der Waals surface area (Å²) in [4.78, 5) is 5.00. The topological polar surface area (TPSA) is 80.2 Å². The van der Waals surface area contributed by atoms with E-state index in [2.05, 4.69) is 10.4 Å². The number of aromatic nitrogens is 4. The zero-order chi connectivity index (χ0) is 20.1. The molecule has 0 aliphatic heterocycles. The van der Waals surface area contributed by atoms with Gasteiger partial charge in [0.25, 0.3) is 0 Å². The Kier molecular flexibility index (Phi) is 4.11. The normalized spacial score (nSPS) is 11.7. The maximum Gasteiger partial charge on any atom is 0.146 e. The highest BCUT2D eigenvalue weighted by Crippen LogP contribution is 2.38. The molecule has 0 atom stereocenters. The summed E-state index contributed by atoms with van der Waals surface area (Å²) in [5.41, 5.74) is 5.09. The van der Waals surface area contributed by atoms with E-state index in [-0.39, 0.29) is 0 Å². The Balaban J connectivity index is 1.92. The lowest BCUT2D eigenvalue weighted by atomic mass is 10.1. The van der Waals surface area contributed by atoms with Crippen LogP contribution in [-0.2, 0) is 6.67 Å². The second-order valence-electron chi connectivity index (χ2n) is 6.83. The van der Waals surface area contributed by atoms with Crippen LogP contribution in [0.5, 0.6) is 5.75 Å². The van der Waals surface area contributed by atoms with Crippen LogP contribution >= 0.6 is 11.3 Å². The monoisotopic (exact) mass is 404 g/mol. The Bertz CT molecular complexity index is 1440. The Morgan fingerprint density at radius 1 is 1.17 bits per heavy atom. The molecule has 8 heteroatoms. The van der Waals surface area contributed by atoms with Crippen molar-refractivity contribution < 1.29 is 4.74 Å². The number of nitrogens with zero attached hydrogens (tertiary/aromatic N) is 4. The van der Waals surface area contributed by atoms with Gasteiger partial charge in [-0.3, -0.25) is 5.41 Å². The summed E-state index contributed by atoms with van der Waals surface area (Å²) in [5.74, 6) is 0.755. The number of ether oxygens (including phenoxy) is 1. The van der Waals surface area contributed by atoms with E-state index in [4.69, 9.17) is 15.1 Å². The highest BCUT2D eigenvalue weighted by atomic mass is 32.1. The van der Waals surface area contributed by atoms with Gasteiger partial charge in [0.2, 0.25) is 0 Å². The van der Waals surface area contributed by atoms with Crippen LogP contribution < -0.4 is 15.5 Å². The summed E-state index contributed by atoms with van der Waals surface area (Å²) in [5, 5.41) is 18.4. The standard InChI is InChI=1S/C21H20N6OS/c1-12-16(14-7-4-5-10-27(14)25-12)21-24-18-17-13(8-6-9-15(17)28-3)26(11-23-2)20(22)19(18)29-21/h4-10,22-23H,11H2,1-3H3. The SMILES string of the molecule is CNCn1c(=N)c2sc(-c3c(C)nn4ccccc34)nc2c2c(OC)cccc21. The maximum atomic E-state index is 8.84. The molecule has 0 bridgehead atoms. The van der Waals surface area contributed by atoms with Gasteiger partial charge in [-0.25, -0.2) is 9.50 Å². The van der Waals surface area contributed by atoms with E-state index in [1.807, 2.05) is 65.6 Å². The van der Waals surface area contributed by atoms with Crippen LogP contribution in [0.1, 0.15) is 5.69 Å². The van der Waals surface area contributed by atoms with Gasteiger partial charge < -0.3 is 14.6 Å². The summed E-state index contributed by atoms with van der Waals surface area (Å²) in [6.07, 6.45) is 1.94. The minimum absolute atomic E-state index is 0.438. The van der Waals surface area contributed by atoms with Gasteiger partial charge in [-0.05, 0) is 38.2 Å². The Morgan fingerprint density at radius 3 is 2.79 bits per heavy atom. The number of thiazole rings is 1. The first-order chi connectivity index (χ1) is 14.1. The van der Waals surface area contributed by atoms with E-state index < -0.39 is 0 Å². The molecule has 0 spiro atoms. The molecule has 4 heterocycles.